The summed E-state index contributed by atoms with van der Waals surface area (Å²) in [6.07, 6.45) is 5.23. The van der Waals surface area contributed by atoms with Gasteiger partial charge >= 0.3 is 0 Å². The van der Waals surface area contributed by atoms with Crippen LogP contribution in [0.25, 0.3) is 0 Å². The topological polar surface area (TPSA) is 41.6 Å². The molecule has 22 heavy (non-hydrogen) atoms. The van der Waals surface area contributed by atoms with Gasteiger partial charge in [-0.1, -0.05) is 25.0 Å². The van der Waals surface area contributed by atoms with Crippen LogP contribution in [0.15, 0.2) is 24.3 Å². The second-order valence-electron chi connectivity index (χ2n) is 6.42. The van der Waals surface area contributed by atoms with Gasteiger partial charge in [-0.05, 0) is 43.5 Å². The largest absolute Gasteiger partial charge is 0.497 e. The van der Waals surface area contributed by atoms with Gasteiger partial charge in [0, 0.05) is 19.6 Å². The average molecular weight is 302 g/mol. The Hall–Kier alpha value is -1.55. The molecule has 1 N–H and O–H groups in total. The third kappa shape index (κ3) is 2.84. The maximum atomic E-state index is 13.3. The van der Waals surface area contributed by atoms with E-state index in [1.54, 1.807) is 7.11 Å². The summed E-state index contributed by atoms with van der Waals surface area (Å²) < 4.78 is 5.37. The molecular weight excluding hydrogens is 276 g/mol. The lowest BCUT2D eigenvalue weighted by Gasteiger charge is -2.34. The summed E-state index contributed by atoms with van der Waals surface area (Å²) in [6, 6.07) is 8.11. The second-order valence-corrected chi connectivity index (χ2v) is 6.42. The molecule has 1 aromatic carbocycles. The molecule has 0 bridgehead atoms. The van der Waals surface area contributed by atoms with Gasteiger partial charge in [-0.15, -0.1) is 0 Å². The highest BCUT2D eigenvalue weighted by atomic mass is 16.5. The van der Waals surface area contributed by atoms with Crippen LogP contribution < -0.4 is 10.1 Å². The Morgan fingerprint density at radius 1 is 1.18 bits per heavy atom. The second kappa shape index (κ2) is 6.69. The first-order valence-electron chi connectivity index (χ1n) is 8.41. The molecule has 1 heterocycles. The summed E-state index contributed by atoms with van der Waals surface area (Å²) in [6.45, 7) is 3.61. The van der Waals surface area contributed by atoms with Crippen LogP contribution in [0.5, 0.6) is 5.75 Å². The summed E-state index contributed by atoms with van der Waals surface area (Å²) in [7, 11) is 1.68. The summed E-state index contributed by atoms with van der Waals surface area (Å²) >= 11 is 0. The highest BCUT2D eigenvalue weighted by Gasteiger charge is 2.45. The molecule has 1 saturated carbocycles. The fourth-order valence-corrected chi connectivity index (χ4v) is 3.88. The molecule has 0 atom stereocenters. The lowest BCUT2D eigenvalue weighted by atomic mass is 9.77. The third-order valence-electron chi connectivity index (χ3n) is 5.12. The van der Waals surface area contributed by atoms with Crippen molar-refractivity contribution in [3.63, 3.8) is 0 Å². The molecule has 3 rings (SSSR count). The van der Waals surface area contributed by atoms with Crippen molar-refractivity contribution in [1.82, 2.24) is 10.2 Å². The van der Waals surface area contributed by atoms with Gasteiger partial charge in [0.05, 0.1) is 12.5 Å². The van der Waals surface area contributed by atoms with Crippen molar-refractivity contribution in [3.05, 3.63) is 29.8 Å². The number of hydrogen-bond acceptors (Lipinski definition) is 3. The van der Waals surface area contributed by atoms with E-state index in [1.807, 2.05) is 12.1 Å². The first kappa shape index (κ1) is 15.3. The molecule has 1 aromatic rings. The number of amides is 1. The average Bonchev–Trinajstić information content (AvgIpc) is 2.91. The fourth-order valence-electron chi connectivity index (χ4n) is 3.88. The van der Waals surface area contributed by atoms with Crippen LogP contribution in [-0.2, 0) is 10.2 Å². The Bertz CT molecular complexity index is 516. The molecular formula is C18H26N2O2. The minimum Gasteiger partial charge on any atom is -0.497 e. The van der Waals surface area contributed by atoms with Crippen molar-refractivity contribution in [2.45, 2.75) is 37.5 Å². The van der Waals surface area contributed by atoms with Crippen LogP contribution in [0.3, 0.4) is 0 Å². The van der Waals surface area contributed by atoms with Gasteiger partial charge in [0.2, 0.25) is 5.91 Å². The lowest BCUT2D eigenvalue weighted by Crippen LogP contribution is -2.46. The van der Waals surface area contributed by atoms with E-state index < -0.39 is 0 Å². The summed E-state index contributed by atoms with van der Waals surface area (Å²) in [5.41, 5.74) is 0.797. The number of methoxy groups -OCH3 is 1. The molecule has 1 aliphatic heterocycles. The Kier molecular flexibility index (Phi) is 4.67. The minimum atomic E-state index is -0.334. The number of carbonyl (C=O) groups excluding carboxylic acids is 1. The van der Waals surface area contributed by atoms with E-state index in [-0.39, 0.29) is 5.41 Å². The number of hydrogen-bond donors (Lipinski definition) is 1. The summed E-state index contributed by atoms with van der Waals surface area (Å²) in [5.74, 6) is 1.16. The van der Waals surface area contributed by atoms with Crippen LogP contribution in [0.4, 0.5) is 0 Å². The Morgan fingerprint density at radius 3 is 2.77 bits per heavy atom. The van der Waals surface area contributed by atoms with E-state index in [0.29, 0.717) is 5.91 Å². The van der Waals surface area contributed by atoms with Crippen molar-refractivity contribution in [3.8, 4) is 5.75 Å². The van der Waals surface area contributed by atoms with Crippen molar-refractivity contribution in [2.75, 3.05) is 33.3 Å². The molecule has 4 nitrogen and oxygen atoms in total. The van der Waals surface area contributed by atoms with Gasteiger partial charge in [0.1, 0.15) is 5.75 Å². The summed E-state index contributed by atoms with van der Waals surface area (Å²) in [4.78, 5) is 15.4. The zero-order valence-corrected chi connectivity index (χ0v) is 13.4. The maximum absolute atomic E-state index is 13.3. The van der Waals surface area contributed by atoms with Crippen LogP contribution >= 0.6 is 0 Å². The number of nitrogens with zero attached hydrogens (tertiary/aromatic N) is 1. The Balaban J connectivity index is 1.91. The van der Waals surface area contributed by atoms with Gasteiger partial charge in [0.15, 0.2) is 0 Å². The first-order valence-corrected chi connectivity index (χ1v) is 8.41. The van der Waals surface area contributed by atoms with Crippen LogP contribution in [-0.4, -0.2) is 44.1 Å². The van der Waals surface area contributed by atoms with Crippen molar-refractivity contribution < 1.29 is 9.53 Å². The van der Waals surface area contributed by atoms with E-state index in [4.69, 9.17) is 4.74 Å². The van der Waals surface area contributed by atoms with Crippen molar-refractivity contribution in [2.24, 2.45) is 0 Å². The van der Waals surface area contributed by atoms with Gasteiger partial charge < -0.3 is 15.0 Å². The number of rotatable bonds is 3. The van der Waals surface area contributed by atoms with E-state index in [0.717, 1.165) is 69.6 Å². The van der Waals surface area contributed by atoms with Crippen LogP contribution in [0.2, 0.25) is 0 Å². The summed E-state index contributed by atoms with van der Waals surface area (Å²) in [5, 5.41) is 3.38. The number of benzene rings is 1. The Labute approximate surface area is 132 Å². The number of ether oxygens (including phenoxy) is 1. The van der Waals surface area contributed by atoms with Gasteiger partial charge in [0.25, 0.3) is 0 Å². The van der Waals surface area contributed by atoms with Crippen molar-refractivity contribution in [1.29, 1.82) is 0 Å². The molecule has 1 amide bonds. The molecule has 120 valence electrons. The zero-order valence-electron chi connectivity index (χ0n) is 13.4. The first-order chi connectivity index (χ1) is 10.8. The Morgan fingerprint density at radius 2 is 2.00 bits per heavy atom. The normalized spacial score (nSPS) is 21.4. The smallest absolute Gasteiger partial charge is 0.233 e. The minimum absolute atomic E-state index is 0.321. The maximum Gasteiger partial charge on any atom is 0.233 e. The molecule has 0 aromatic heterocycles. The number of nitrogens with one attached hydrogen (secondary N) is 1. The van der Waals surface area contributed by atoms with E-state index in [2.05, 4.69) is 22.3 Å². The highest BCUT2D eigenvalue weighted by Crippen LogP contribution is 2.43. The monoisotopic (exact) mass is 302 g/mol. The molecule has 0 unspecified atom stereocenters. The molecule has 0 spiro atoms. The van der Waals surface area contributed by atoms with E-state index >= 15 is 0 Å². The predicted molar refractivity (Wildman–Crippen MR) is 87.2 cm³/mol. The molecule has 0 radical (unpaired) electrons. The molecule has 4 heteroatoms. The van der Waals surface area contributed by atoms with Crippen LogP contribution in [0.1, 0.15) is 37.7 Å². The lowest BCUT2D eigenvalue weighted by molar-refractivity contribution is -0.137. The standard InChI is InChI=1S/C18H26N2O2/c1-22-16-7-4-6-15(14-16)18(8-2-3-9-18)17(21)20-12-5-10-19-11-13-20/h4,6-7,14,19H,2-3,5,8-13H2,1H3. The van der Waals surface area contributed by atoms with Gasteiger partial charge in [-0.25, -0.2) is 0 Å². The highest BCUT2D eigenvalue weighted by molar-refractivity contribution is 5.89. The zero-order chi connectivity index (χ0) is 15.4. The molecule has 1 saturated heterocycles. The third-order valence-corrected chi connectivity index (χ3v) is 5.12. The molecule has 1 aliphatic carbocycles. The van der Waals surface area contributed by atoms with E-state index in [9.17, 15) is 4.79 Å². The quantitative estimate of drug-likeness (QED) is 0.932. The fraction of sp³-hybridized carbons (Fsp3) is 0.611. The molecule has 2 fully saturated rings. The van der Waals surface area contributed by atoms with E-state index in [1.165, 1.54) is 0 Å². The SMILES string of the molecule is COc1cccc(C2(C(=O)N3CCCNCC3)CCCC2)c1. The number of carbonyl (C=O) groups is 1. The van der Waals surface area contributed by atoms with Crippen molar-refractivity contribution >= 4 is 5.91 Å². The van der Waals surface area contributed by atoms with Gasteiger partial charge in [-0.3, -0.25) is 4.79 Å². The predicted octanol–water partition coefficient (Wildman–Crippen LogP) is 2.33. The molecule has 2 aliphatic rings. The van der Waals surface area contributed by atoms with Gasteiger partial charge in [-0.2, -0.15) is 0 Å². The van der Waals surface area contributed by atoms with Crippen LogP contribution in [0, 0.1) is 0 Å².